The second-order valence-electron chi connectivity index (χ2n) is 13.7. The molecule has 3 atom stereocenters. The van der Waals surface area contributed by atoms with Crippen molar-refractivity contribution in [3.05, 3.63) is 94.5 Å². The highest BCUT2D eigenvalue weighted by Crippen LogP contribution is 2.32. The summed E-state index contributed by atoms with van der Waals surface area (Å²) in [5.74, 6) is -0.264. The normalized spacial score (nSPS) is 13.4. The van der Waals surface area contributed by atoms with E-state index in [1.54, 1.807) is 49.9 Å². The van der Waals surface area contributed by atoms with Gasteiger partial charge in [0.15, 0.2) is 0 Å². The summed E-state index contributed by atoms with van der Waals surface area (Å²) in [6.07, 6.45) is 0.893. The summed E-state index contributed by atoms with van der Waals surface area (Å²) in [4.78, 5) is 44.3. The minimum absolute atomic E-state index is 0.0959. The third-order valence-corrected chi connectivity index (χ3v) is 7.92. The molecule has 8 heteroatoms. The molecule has 0 fully saturated rings. The lowest BCUT2D eigenvalue weighted by Crippen LogP contribution is -2.55. The zero-order valence-electron chi connectivity index (χ0n) is 28.8. The predicted molar refractivity (Wildman–Crippen MR) is 184 cm³/mol. The number of hydrogen-bond donors (Lipinski definition) is 3. The summed E-state index contributed by atoms with van der Waals surface area (Å²) in [5.41, 5.74) is 4.07. The van der Waals surface area contributed by atoms with Gasteiger partial charge in [0.25, 0.3) is 5.91 Å². The Hall–Kier alpha value is -4.33. The largest absolute Gasteiger partial charge is 0.508 e. The van der Waals surface area contributed by atoms with Gasteiger partial charge in [0.2, 0.25) is 5.91 Å². The second-order valence-corrected chi connectivity index (χ2v) is 13.7. The van der Waals surface area contributed by atoms with E-state index in [1.807, 2.05) is 70.2 Å². The number of benzene rings is 3. The number of nitrogens with zero attached hydrogens (tertiary/aromatic N) is 1. The van der Waals surface area contributed by atoms with E-state index >= 15 is 0 Å². The molecule has 0 saturated carbocycles. The van der Waals surface area contributed by atoms with Crippen LogP contribution in [0.2, 0.25) is 0 Å². The molecule has 0 heterocycles. The molecular weight excluding hydrogens is 578 g/mol. The minimum atomic E-state index is -1.06. The molecule has 0 bridgehead atoms. The average Bonchev–Trinajstić information content (AvgIpc) is 2.96. The molecule has 3 N–H and O–H groups in total. The zero-order chi connectivity index (χ0) is 34.2. The fraction of sp³-hybridized carbons (Fsp3) is 0.447. The number of phenolic OH excluding ortho intramolecular Hbond substituents is 1. The van der Waals surface area contributed by atoms with E-state index in [-0.39, 0.29) is 24.1 Å². The summed E-state index contributed by atoms with van der Waals surface area (Å²) < 4.78 is 5.57. The third-order valence-electron chi connectivity index (χ3n) is 7.92. The molecule has 3 unspecified atom stereocenters. The van der Waals surface area contributed by atoms with E-state index in [2.05, 4.69) is 24.5 Å². The molecule has 3 aromatic rings. The number of alkyl carbamates (subject to hydrolysis) is 1. The van der Waals surface area contributed by atoms with E-state index in [0.29, 0.717) is 18.0 Å². The fourth-order valence-corrected chi connectivity index (χ4v) is 5.40. The van der Waals surface area contributed by atoms with Gasteiger partial charge in [0, 0.05) is 18.2 Å². The first-order chi connectivity index (χ1) is 21.6. The Bertz CT molecular complexity index is 1490. The van der Waals surface area contributed by atoms with Crippen LogP contribution in [0.4, 0.5) is 10.5 Å². The van der Waals surface area contributed by atoms with Crippen LogP contribution in [0.1, 0.15) is 88.2 Å². The highest BCUT2D eigenvalue weighted by molar-refractivity contribution is 5.99. The molecule has 0 aliphatic rings. The van der Waals surface area contributed by atoms with Gasteiger partial charge in [-0.1, -0.05) is 67.9 Å². The number of carbonyl (C=O) groups is 3. The quantitative estimate of drug-likeness (QED) is 0.190. The lowest BCUT2D eigenvalue weighted by Gasteiger charge is -2.39. The molecule has 3 amide bonds. The summed E-state index contributed by atoms with van der Waals surface area (Å²) in [5, 5.41) is 15.8. The molecule has 248 valence electrons. The van der Waals surface area contributed by atoms with Crippen molar-refractivity contribution in [1.29, 1.82) is 0 Å². The Morgan fingerprint density at radius 1 is 0.870 bits per heavy atom. The zero-order valence-corrected chi connectivity index (χ0v) is 28.8. The summed E-state index contributed by atoms with van der Waals surface area (Å²) in [6, 6.07) is 17.6. The molecular formula is C38H51N3O5. The number of phenols is 1. The maximum atomic E-state index is 15.0. The van der Waals surface area contributed by atoms with Crippen molar-refractivity contribution < 1.29 is 24.2 Å². The number of nitrogens with one attached hydrogen (secondary N) is 2. The predicted octanol–water partition coefficient (Wildman–Crippen LogP) is 7.79. The number of anilines is 1. The average molecular weight is 630 g/mol. The number of para-hydroxylation sites is 1. The summed E-state index contributed by atoms with van der Waals surface area (Å²) in [6.45, 7) is 17.3. The Labute approximate surface area is 274 Å². The number of hydrogen-bond acceptors (Lipinski definition) is 5. The van der Waals surface area contributed by atoms with Crippen molar-refractivity contribution in [1.82, 2.24) is 10.2 Å². The third kappa shape index (κ3) is 10.4. The molecule has 3 aromatic carbocycles. The van der Waals surface area contributed by atoms with E-state index in [4.69, 9.17) is 4.74 Å². The van der Waals surface area contributed by atoms with Gasteiger partial charge in [-0.25, -0.2) is 4.79 Å². The van der Waals surface area contributed by atoms with E-state index in [9.17, 15) is 19.5 Å². The van der Waals surface area contributed by atoms with Crippen molar-refractivity contribution in [3.8, 4) is 5.75 Å². The first-order valence-electron chi connectivity index (χ1n) is 16.1. The Morgan fingerprint density at radius 3 is 2.13 bits per heavy atom. The van der Waals surface area contributed by atoms with Crippen molar-refractivity contribution in [2.75, 3.05) is 5.32 Å². The topological polar surface area (TPSA) is 108 Å². The monoisotopic (exact) mass is 629 g/mol. The van der Waals surface area contributed by atoms with Gasteiger partial charge in [-0.2, -0.15) is 0 Å². The Kier molecular flexibility index (Phi) is 12.4. The molecule has 0 aromatic heterocycles. The molecule has 0 saturated heterocycles. The first kappa shape index (κ1) is 36.1. The van der Waals surface area contributed by atoms with Gasteiger partial charge in [0.05, 0.1) is 0 Å². The number of rotatable bonds is 12. The van der Waals surface area contributed by atoms with E-state index in [0.717, 1.165) is 34.2 Å². The molecule has 8 nitrogen and oxygen atoms in total. The van der Waals surface area contributed by atoms with Crippen LogP contribution < -0.4 is 10.6 Å². The molecule has 3 rings (SSSR count). The van der Waals surface area contributed by atoms with Crippen LogP contribution in [-0.2, 0) is 20.7 Å². The number of aromatic hydroxyl groups is 1. The maximum Gasteiger partial charge on any atom is 0.408 e. The number of carbonyl (C=O) groups excluding carboxylic acids is 3. The maximum absolute atomic E-state index is 15.0. The van der Waals surface area contributed by atoms with Gasteiger partial charge in [-0.3, -0.25) is 9.59 Å². The van der Waals surface area contributed by atoms with Crippen LogP contribution in [0, 0.1) is 26.7 Å². The summed E-state index contributed by atoms with van der Waals surface area (Å²) in [7, 11) is 0. The number of ether oxygens (including phenoxy) is 1. The summed E-state index contributed by atoms with van der Waals surface area (Å²) >= 11 is 0. The highest BCUT2D eigenvalue weighted by Gasteiger charge is 2.39. The SMILES string of the molecule is Cc1ccc(C)c(C(C(=O)Nc2ccccc2C)N(C(=O)C(Cc2ccc(O)cc2)NC(=O)OC(C)(C)C)C(C)CCC(C)C)c1. The number of amides is 3. The van der Waals surface area contributed by atoms with Gasteiger partial charge in [-0.05, 0) is 108 Å². The molecule has 46 heavy (non-hydrogen) atoms. The van der Waals surface area contributed by atoms with Crippen LogP contribution in [0.25, 0.3) is 0 Å². The standard InChI is InChI=1S/C38H51N3O5/c1-24(2)14-17-28(6)41(36(44)33(40-37(45)46-38(7,8)9)23-29-18-20-30(42)21-19-29)34(31-22-25(3)15-16-26(31)4)35(43)39-32-13-11-10-12-27(32)5/h10-13,15-16,18-22,24,28,33-34,42H,14,17,23H2,1-9H3,(H,39,43)(H,40,45). The fourth-order valence-electron chi connectivity index (χ4n) is 5.40. The van der Waals surface area contributed by atoms with Crippen LogP contribution in [0.15, 0.2) is 66.7 Å². The molecule has 0 aliphatic carbocycles. The smallest absolute Gasteiger partial charge is 0.408 e. The van der Waals surface area contributed by atoms with Crippen LogP contribution in [0.5, 0.6) is 5.75 Å². The Balaban J connectivity index is 2.19. The van der Waals surface area contributed by atoms with Gasteiger partial charge in [0.1, 0.15) is 23.4 Å². The lowest BCUT2D eigenvalue weighted by atomic mass is 9.92. The molecule has 0 radical (unpaired) electrons. The van der Waals surface area contributed by atoms with Crippen molar-refractivity contribution in [2.45, 2.75) is 105 Å². The van der Waals surface area contributed by atoms with Crippen molar-refractivity contribution >= 4 is 23.6 Å². The molecule has 0 spiro atoms. The van der Waals surface area contributed by atoms with Crippen LogP contribution >= 0.6 is 0 Å². The van der Waals surface area contributed by atoms with Gasteiger partial charge < -0.3 is 25.4 Å². The Morgan fingerprint density at radius 2 is 1.52 bits per heavy atom. The van der Waals surface area contributed by atoms with Crippen LogP contribution in [0.3, 0.4) is 0 Å². The van der Waals surface area contributed by atoms with Crippen molar-refractivity contribution in [3.63, 3.8) is 0 Å². The first-order valence-corrected chi connectivity index (χ1v) is 16.1. The second kappa shape index (κ2) is 15.8. The minimum Gasteiger partial charge on any atom is -0.508 e. The van der Waals surface area contributed by atoms with Crippen molar-refractivity contribution in [2.24, 2.45) is 5.92 Å². The van der Waals surface area contributed by atoms with E-state index < -0.39 is 29.7 Å². The van der Waals surface area contributed by atoms with Crippen LogP contribution in [-0.4, -0.2) is 45.6 Å². The van der Waals surface area contributed by atoms with E-state index in [1.165, 1.54) is 0 Å². The molecule has 0 aliphatic heterocycles. The van der Waals surface area contributed by atoms with Gasteiger partial charge >= 0.3 is 6.09 Å². The van der Waals surface area contributed by atoms with Gasteiger partial charge in [-0.15, -0.1) is 0 Å². The highest BCUT2D eigenvalue weighted by atomic mass is 16.6. The number of aryl methyl sites for hydroxylation is 3. The lowest BCUT2D eigenvalue weighted by molar-refractivity contribution is -0.143.